The van der Waals surface area contributed by atoms with Gasteiger partial charge in [0.1, 0.15) is 0 Å². The highest BCUT2D eigenvalue weighted by Gasteiger charge is 2.03. The number of ether oxygens (including phenoxy) is 2. The lowest BCUT2D eigenvalue weighted by Gasteiger charge is -2.05. The number of carbonyl (C=O) groups excluding carboxylic acids is 2. The molecule has 0 saturated carbocycles. The summed E-state index contributed by atoms with van der Waals surface area (Å²) in [6.07, 6.45) is 39.8. The van der Waals surface area contributed by atoms with Crippen molar-refractivity contribution in [1.29, 1.82) is 0 Å². The Bertz CT molecular complexity index is 1000. The Balaban J connectivity index is -0.000000751. The third kappa shape index (κ3) is 48.9. The highest BCUT2D eigenvalue weighted by molar-refractivity contribution is 5.87. The second-order valence-corrected chi connectivity index (χ2v) is 14.4. The Morgan fingerprint density at radius 1 is 0.463 bits per heavy atom. The zero-order chi connectivity index (χ0) is 40.8. The van der Waals surface area contributed by atoms with E-state index in [9.17, 15) is 9.59 Å². The van der Waals surface area contributed by atoms with Crippen LogP contribution in [0, 0.1) is 0 Å². The van der Waals surface area contributed by atoms with Crippen molar-refractivity contribution in [3.63, 3.8) is 0 Å². The molecule has 0 spiro atoms. The summed E-state index contributed by atoms with van der Waals surface area (Å²) in [5.74, 6) is -0.512. The van der Waals surface area contributed by atoms with Gasteiger partial charge in [-0.25, -0.2) is 9.59 Å². The van der Waals surface area contributed by atoms with Crippen LogP contribution in [0.4, 0.5) is 0 Å². The number of hydrogen-bond donors (Lipinski definition) is 0. The van der Waals surface area contributed by atoms with Gasteiger partial charge in [0.05, 0.1) is 13.2 Å². The van der Waals surface area contributed by atoms with E-state index >= 15 is 0 Å². The standard InChI is InChI=1S/C22H42O2.C16H30O2.C8H8.C4H6/c1-4-5-6-7-8-9-10-11-12-13-14-15-16-17-18-19-20-24-22(23)21(2)3;1-4-5-6-7-8-9-10-11-12-13-14-18-16(17)15(2)3;1-2-8-6-4-3-5-7-8;1-3-4-2/h2,4-20H2,1,3H3;2,4-14H2,1,3H3;2-7H,1H2;3-4H,1-2H2. The van der Waals surface area contributed by atoms with E-state index in [2.05, 4.69) is 46.7 Å². The monoisotopic (exact) mass is 751 g/mol. The summed E-state index contributed by atoms with van der Waals surface area (Å²) in [5.41, 5.74) is 2.15. The van der Waals surface area contributed by atoms with Crippen molar-refractivity contribution < 1.29 is 19.1 Å². The molecular formula is C50H86O4. The predicted octanol–water partition coefficient (Wildman–Crippen LogP) is 16.1. The van der Waals surface area contributed by atoms with E-state index in [0.717, 1.165) is 12.8 Å². The summed E-state index contributed by atoms with van der Waals surface area (Å²) >= 11 is 0. The molecule has 0 aliphatic rings. The van der Waals surface area contributed by atoms with Crippen molar-refractivity contribution in [2.75, 3.05) is 13.2 Å². The minimum Gasteiger partial charge on any atom is -0.462 e. The third-order valence-electron chi connectivity index (χ3n) is 8.86. The van der Waals surface area contributed by atoms with Crippen LogP contribution in [-0.4, -0.2) is 25.2 Å². The largest absolute Gasteiger partial charge is 0.462 e. The minimum atomic E-state index is -0.258. The molecule has 0 aromatic heterocycles. The van der Waals surface area contributed by atoms with Crippen LogP contribution in [0.3, 0.4) is 0 Å². The van der Waals surface area contributed by atoms with Crippen LogP contribution in [0.15, 0.2) is 86.5 Å². The zero-order valence-corrected chi connectivity index (χ0v) is 36.1. The number of rotatable bonds is 32. The van der Waals surface area contributed by atoms with Gasteiger partial charge in [-0.3, -0.25) is 0 Å². The molecule has 0 bridgehead atoms. The second-order valence-electron chi connectivity index (χ2n) is 14.4. The van der Waals surface area contributed by atoms with E-state index in [1.807, 2.05) is 36.4 Å². The molecular weight excluding hydrogens is 665 g/mol. The van der Waals surface area contributed by atoms with Crippen molar-refractivity contribution >= 4 is 18.0 Å². The normalized spacial score (nSPS) is 9.85. The van der Waals surface area contributed by atoms with Crippen molar-refractivity contribution in [3.05, 3.63) is 92.1 Å². The smallest absolute Gasteiger partial charge is 0.333 e. The SMILES string of the molecule is C=C(C)C(=O)OCCCCCCCCCCCC.C=C(C)C(=O)OCCCCCCCCCCCCCCCCCC.C=CC=C.C=Cc1ccccc1. The number of allylic oxidation sites excluding steroid dienone is 2. The fourth-order valence-corrected chi connectivity index (χ4v) is 5.40. The lowest BCUT2D eigenvalue weighted by Crippen LogP contribution is -2.05. The highest BCUT2D eigenvalue weighted by Crippen LogP contribution is 2.14. The lowest BCUT2D eigenvalue weighted by molar-refractivity contribution is -0.139. The predicted molar refractivity (Wildman–Crippen MR) is 240 cm³/mol. The van der Waals surface area contributed by atoms with E-state index in [0.29, 0.717) is 24.4 Å². The summed E-state index contributed by atoms with van der Waals surface area (Å²) in [7, 11) is 0. The Kier molecular flexibility index (Phi) is 48.9. The maximum atomic E-state index is 11.2. The van der Waals surface area contributed by atoms with Crippen LogP contribution >= 0.6 is 0 Å². The first-order valence-electron chi connectivity index (χ1n) is 21.8. The van der Waals surface area contributed by atoms with Gasteiger partial charge in [-0.05, 0) is 32.3 Å². The van der Waals surface area contributed by atoms with Crippen LogP contribution in [0.25, 0.3) is 6.08 Å². The summed E-state index contributed by atoms with van der Waals surface area (Å²) in [6, 6.07) is 10.0. The molecule has 0 unspecified atom stereocenters. The molecule has 4 heteroatoms. The average Bonchev–Trinajstić information content (AvgIpc) is 3.18. The van der Waals surface area contributed by atoms with Crippen LogP contribution in [-0.2, 0) is 19.1 Å². The summed E-state index contributed by atoms with van der Waals surface area (Å²) in [5, 5.41) is 0. The summed E-state index contributed by atoms with van der Waals surface area (Å²) in [6.45, 7) is 26.5. The Labute approximate surface area is 336 Å². The van der Waals surface area contributed by atoms with E-state index in [4.69, 9.17) is 9.47 Å². The van der Waals surface area contributed by atoms with Crippen molar-refractivity contribution in [2.24, 2.45) is 0 Å². The van der Waals surface area contributed by atoms with Gasteiger partial charge < -0.3 is 9.47 Å². The molecule has 0 saturated heterocycles. The van der Waals surface area contributed by atoms with E-state index in [1.54, 1.807) is 26.0 Å². The molecule has 4 nitrogen and oxygen atoms in total. The number of unbranched alkanes of at least 4 members (excludes halogenated alkanes) is 24. The summed E-state index contributed by atoms with van der Waals surface area (Å²) in [4.78, 5) is 22.3. The molecule has 54 heavy (non-hydrogen) atoms. The molecule has 0 N–H and O–H groups in total. The number of esters is 2. The first-order chi connectivity index (χ1) is 26.2. The Morgan fingerprint density at radius 3 is 0.926 bits per heavy atom. The first-order valence-corrected chi connectivity index (χ1v) is 21.8. The first kappa shape index (κ1) is 55.2. The lowest BCUT2D eigenvalue weighted by atomic mass is 10.0. The molecule has 1 aromatic carbocycles. The van der Waals surface area contributed by atoms with Gasteiger partial charge in [-0.15, -0.1) is 0 Å². The van der Waals surface area contributed by atoms with Crippen molar-refractivity contribution in [1.82, 2.24) is 0 Å². The zero-order valence-electron chi connectivity index (χ0n) is 36.1. The van der Waals surface area contributed by atoms with E-state index in [-0.39, 0.29) is 11.9 Å². The van der Waals surface area contributed by atoms with Gasteiger partial charge in [0.25, 0.3) is 0 Å². The summed E-state index contributed by atoms with van der Waals surface area (Å²) < 4.78 is 10.1. The topological polar surface area (TPSA) is 52.6 Å². The Morgan fingerprint density at radius 2 is 0.722 bits per heavy atom. The molecule has 1 rings (SSSR count). The van der Waals surface area contributed by atoms with Crippen molar-refractivity contribution in [2.45, 2.75) is 195 Å². The van der Waals surface area contributed by atoms with Gasteiger partial charge in [-0.1, -0.05) is 249 Å². The van der Waals surface area contributed by atoms with Gasteiger partial charge in [0, 0.05) is 11.1 Å². The molecule has 0 radical (unpaired) electrons. The minimum absolute atomic E-state index is 0.254. The third-order valence-corrected chi connectivity index (χ3v) is 8.86. The molecule has 1 aromatic rings. The molecule has 0 amide bonds. The van der Waals surface area contributed by atoms with Crippen LogP contribution in [0.1, 0.15) is 200 Å². The quantitative estimate of drug-likeness (QED) is 0.0318. The molecule has 0 atom stereocenters. The van der Waals surface area contributed by atoms with Gasteiger partial charge in [0.15, 0.2) is 0 Å². The second kappa shape index (κ2) is 47.9. The van der Waals surface area contributed by atoms with Crippen LogP contribution < -0.4 is 0 Å². The van der Waals surface area contributed by atoms with Gasteiger partial charge in [0.2, 0.25) is 0 Å². The molecule has 0 aliphatic carbocycles. The van der Waals surface area contributed by atoms with E-state index in [1.165, 1.54) is 160 Å². The number of carbonyl (C=O) groups is 2. The van der Waals surface area contributed by atoms with Crippen LogP contribution in [0.5, 0.6) is 0 Å². The average molecular weight is 751 g/mol. The van der Waals surface area contributed by atoms with Gasteiger partial charge >= 0.3 is 11.9 Å². The van der Waals surface area contributed by atoms with Crippen molar-refractivity contribution in [3.8, 4) is 0 Å². The molecule has 310 valence electrons. The molecule has 0 fully saturated rings. The van der Waals surface area contributed by atoms with Crippen LogP contribution in [0.2, 0.25) is 0 Å². The maximum absolute atomic E-state index is 11.2. The Hall–Kier alpha value is -3.14. The van der Waals surface area contributed by atoms with E-state index < -0.39 is 0 Å². The van der Waals surface area contributed by atoms with Gasteiger partial charge in [-0.2, -0.15) is 0 Å². The number of hydrogen-bond acceptors (Lipinski definition) is 4. The molecule has 0 aliphatic heterocycles. The molecule has 0 heterocycles. The number of benzene rings is 1. The highest BCUT2D eigenvalue weighted by atomic mass is 16.5. The fourth-order valence-electron chi connectivity index (χ4n) is 5.40. The maximum Gasteiger partial charge on any atom is 0.333 e. The fraction of sp³-hybridized carbons (Fsp3) is 0.640.